The Balaban J connectivity index is 1.75. The minimum absolute atomic E-state index is 0.0766. The molecule has 0 aliphatic carbocycles. The SMILES string of the molecule is COc1ccccc1CC(=O)N1CCCn2nc([C@@H](C)O)cc2C1. The number of nitrogens with zero attached hydrogens (tertiary/aromatic N) is 3. The molecule has 6 heteroatoms. The molecule has 0 fully saturated rings. The van der Waals surface area contributed by atoms with E-state index in [1.54, 1.807) is 14.0 Å². The Morgan fingerprint density at radius 2 is 2.17 bits per heavy atom. The maximum atomic E-state index is 12.7. The van der Waals surface area contributed by atoms with Crippen LogP contribution in [-0.4, -0.2) is 39.3 Å². The van der Waals surface area contributed by atoms with Gasteiger partial charge in [-0.25, -0.2) is 0 Å². The van der Waals surface area contributed by atoms with Crippen LogP contribution in [0, 0.1) is 0 Å². The second kappa shape index (κ2) is 7.05. The van der Waals surface area contributed by atoms with E-state index in [9.17, 15) is 9.90 Å². The normalized spacial score (nSPS) is 15.5. The van der Waals surface area contributed by atoms with Crippen LogP contribution in [-0.2, 0) is 24.3 Å². The first-order valence-corrected chi connectivity index (χ1v) is 8.23. The van der Waals surface area contributed by atoms with E-state index in [-0.39, 0.29) is 5.91 Å². The molecule has 2 aromatic rings. The summed E-state index contributed by atoms with van der Waals surface area (Å²) >= 11 is 0. The van der Waals surface area contributed by atoms with E-state index < -0.39 is 6.10 Å². The molecule has 0 radical (unpaired) electrons. The van der Waals surface area contributed by atoms with Crippen LogP contribution in [0.25, 0.3) is 0 Å². The zero-order chi connectivity index (χ0) is 17.1. The highest BCUT2D eigenvalue weighted by atomic mass is 16.5. The summed E-state index contributed by atoms with van der Waals surface area (Å²) in [6, 6.07) is 9.49. The summed E-state index contributed by atoms with van der Waals surface area (Å²) in [4.78, 5) is 14.6. The lowest BCUT2D eigenvalue weighted by Gasteiger charge is -2.20. The van der Waals surface area contributed by atoms with Crippen LogP contribution in [0.3, 0.4) is 0 Å². The molecule has 0 spiro atoms. The monoisotopic (exact) mass is 329 g/mol. The largest absolute Gasteiger partial charge is 0.496 e. The number of carbonyl (C=O) groups excluding carboxylic acids is 1. The minimum atomic E-state index is -0.595. The van der Waals surface area contributed by atoms with Gasteiger partial charge >= 0.3 is 0 Å². The van der Waals surface area contributed by atoms with E-state index in [4.69, 9.17) is 4.74 Å². The second-order valence-electron chi connectivity index (χ2n) is 6.12. The van der Waals surface area contributed by atoms with Crippen LogP contribution in [0.5, 0.6) is 5.75 Å². The highest BCUT2D eigenvalue weighted by Gasteiger charge is 2.22. The molecule has 1 aromatic heterocycles. The summed E-state index contributed by atoms with van der Waals surface area (Å²) in [5.41, 5.74) is 2.52. The topological polar surface area (TPSA) is 67.6 Å². The summed E-state index contributed by atoms with van der Waals surface area (Å²) in [5, 5.41) is 14.1. The average Bonchev–Trinajstić information content (AvgIpc) is 2.87. The fourth-order valence-corrected chi connectivity index (χ4v) is 3.03. The number of rotatable bonds is 4. The van der Waals surface area contributed by atoms with Crippen LogP contribution in [0.1, 0.15) is 36.4 Å². The van der Waals surface area contributed by atoms with E-state index in [2.05, 4.69) is 5.10 Å². The van der Waals surface area contributed by atoms with Crippen molar-refractivity contribution in [2.75, 3.05) is 13.7 Å². The highest BCUT2D eigenvalue weighted by Crippen LogP contribution is 2.21. The maximum Gasteiger partial charge on any atom is 0.227 e. The van der Waals surface area contributed by atoms with Gasteiger partial charge in [0, 0.05) is 18.7 Å². The maximum absolute atomic E-state index is 12.7. The van der Waals surface area contributed by atoms with Gasteiger partial charge in [-0.3, -0.25) is 9.48 Å². The first kappa shape index (κ1) is 16.5. The summed E-state index contributed by atoms with van der Waals surface area (Å²) in [6.45, 7) is 3.70. The second-order valence-corrected chi connectivity index (χ2v) is 6.12. The summed E-state index contributed by atoms with van der Waals surface area (Å²) in [6.07, 6.45) is 0.578. The third-order valence-corrected chi connectivity index (χ3v) is 4.35. The number of ether oxygens (including phenoxy) is 1. The quantitative estimate of drug-likeness (QED) is 0.930. The van der Waals surface area contributed by atoms with E-state index in [0.717, 1.165) is 30.0 Å². The number of aromatic nitrogens is 2. The lowest BCUT2D eigenvalue weighted by molar-refractivity contribution is -0.131. The molecule has 24 heavy (non-hydrogen) atoms. The van der Waals surface area contributed by atoms with Crippen LogP contribution in [0.2, 0.25) is 0 Å². The molecule has 128 valence electrons. The van der Waals surface area contributed by atoms with Crippen molar-refractivity contribution in [3.8, 4) is 5.75 Å². The van der Waals surface area contributed by atoms with Crippen LogP contribution in [0.15, 0.2) is 30.3 Å². The molecule has 1 aromatic carbocycles. The molecule has 1 amide bonds. The van der Waals surface area contributed by atoms with Crippen molar-refractivity contribution in [2.24, 2.45) is 0 Å². The van der Waals surface area contributed by atoms with Gasteiger partial charge in [0.25, 0.3) is 0 Å². The molecular weight excluding hydrogens is 306 g/mol. The van der Waals surface area contributed by atoms with Gasteiger partial charge in [0.1, 0.15) is 5.75 Å². The Kier molecular flexibility index (Phi) is 4.85. The van der Waals surface area contributed by atoms with Gasteiger partial charge in [-0.2, -0.15) is 5.10 Å². The number of aliphatic hydroxyl groups excluding tert-OH is 1. The van der Waals surface area contributed by atoms with Crippen molar-refractivity contribution in [3.05, 3.63) is 47.3 Å². The highest BCUT2D eigenvalue weighted by molar-refractivity contribution is 5.79. The van der Waals surface area contributed by atoms with Crippen molar-refractivity contribution in [1.29, 1.82) is 0 Å². The van der Waals surface area contributed by atoms with Crippen molar-refractivity contribution in [3.63, 3.8) is 0 Å². The third-order valence-electron chi connectivity index (χ3n) is 4.35. The predicted octanol–water partition coefficient (Wildman–Crippen LogP) is 1.92. The zero-order valence-corrected chi connectivity index (χ0v) is 14.1. The fraction of sp³-hybridized carbons (Fsp3) is 0.444. The standard InChI is InChI=1S/C18H23N3O3/c1-13(22)16-11-15-12-20(8-5-9-21(15)19-16)18(23)10-14-6-3-4-7-17(14)24-2/h3-4,6-7,11,13,22H,5,8-10,12H2,1-2H3/t13-/m1/s1. The predicted molar refractivity (Wildman–Crippen MR) is 89.6 cm³/mol. The van der Waals surface area contributed by atoms with Gasteiger partial charge in [-0.1, -0.05) is 18.2 Å². The van der Waals surface area contributed by atoms with Gasteiger partial charge in [-0.15, -0.1) is 0 Å². The molecule has 1 aliphatic heterocycles. The number of benzene rings is 1. The molecule has 0 saturated carbocycles. The van der Waals surface area contributed by atoms with Crippen molar-refractivity contribution < 1.29 is 14.6 Å². The van der Waals surface area contributed by atoms with E-state index in [1.165, 1.54) is 0 Å². The van der Waals surface area contributed by atoms with Gasteiger partial charge in [0.2, 0.25) is 5.91 Å². The zero-order valence-electron chi connectivity index (χ0n) is 14.1. The lowest BCUT2D eigenvalue weighted by atomic mass is 10.1. The van der Waals surface area contributed by atoms with Gasteiger partial charge in [0.15, 0.2) is 0 Å². The molecule has 0 bridgehead atoms. The molecule has 1 aliphatic rings. The van der Waals surface area contributed by atoms with Gasteiger partial charge in [-0.05, 0) is 25.5 Å². The van der Waals surface area contributed by atoms with Crippen LogP contribution < -0.4 is 4.74 Å². The number of aliphatic hydroxyl groups is 1. The fourth-order valence-electron chi connectivity index (χ4n) is 3.03. The number of hydrogen-bond donors (Lipinski definition) is 1. The van der Waals surface area contributed by atoms with E-state index >= 15 is 0 Å². The number of para-hydroxylation sites is 1. The molecule has 6 nitrogen and oxygen atoms in total. The average molecular weight is 329 g/mol. The number of fused-ring (bicyclic) bond motifs is 1. The van der Waals surface area contributed by atoms with E-state index in [1.807, 2.05) is 39.9 Å². The Bertz CT molecular complexity index is 724. The third kappa shape index (κ3) is 3.43. The van der Waals surface area contributed by atoms with Gasteiger partial charge in [0.05, 0.1) is 37.6 Å². The minimum Gasteiger partial charge on any atom is -0.496 e. The summed E-state index contributed by atoms with van der Waals surface area (Å²) < 4.78 is 7.23. The summed E-state index contributed by atoms with van der Waals surface area (Å²) in [5.74, 6) is 0.815. The molecule has 2 heterocycles. The summed E-state index contributed by atoms with van der Waals surface area (Å²) in [7, 11) is 1.62. The lowest BCUT2D eigenvalue weighted by Crippen LogP contribution is -2.32. The Morgan fingerprint density at radius 3 is 2.92 bits per heavy atom. The Morgan fingerprint density at radius 1 is 1.38 bits per heavy atom. The molecule has 0 saturated heterocycles. The van der Waals surface area contributed by atoms with E-state index in [0.29, 0.717) is 25.2 Å². The molecule has 0 unspecified atom stereocenters. The van der Waals surface area contributed by atoms with Crippen molar-refractivity contribution >= 4 is 5.91 Å². The van der Waals surface area contributed by atoms with Crippen LogP contribution in [0.4, 0.5) is 0 Å². The van der Waals surface area contributed by atoms with Gasteiger partial charge < -0.3 is 14.7 Å². The smallest absolute Gasteiger partial charge is 0.227 e. The molecule has 3 rings (SSSR count). The first-order valence-electron chi connectivity index (χ1n) is 8.23. The number of aryl methyl sites for hydroxylation is 1. The number of hydrogen-bond acceptors (Lipinski definition) is 4. The number of amides is 1. The number of methoxy groups -OCH3 is 1. The Labute approximate surface area is 141 Å². The molecule has 1 N–H and O–H groups in total. The number of carbonyl (C=O) groups is 1. The van der Waals surface area contributed by atoms with Crippen LogP contribution >= 0.6 is 0 Å². The Hall–Kier alpha value is -2.34. The molecule has 1 atom stereocenters. The molecular formula is C18H23N3O3. The van der Waals surface area contributed by atoms with Crippen molar-refractivity contribution in [1.82, 2.24) is 14.7 Å². The first-order chi connectivity index (χ1) is 11.6. The van der Waals surface area contributed by atoms with Crippen molar-refractivity contribution in [2.45, 2.75) is 39.0 Å².